The normalized spacial score (nSPS) is 20.1. The molecule has 172 valence electrons. The summed E-state index contributed by atoms with van der Waals surface area (Å²) in [6.07, 6.45) is -1.25. The topological polar surface area (TPSA) is 117 Å². The maximum Gasteiger partial charge on any atom is 0.327 e. The molecule has 0 spiro atoms. The molecule has 32 heavy (non-hydrogen) atoms. The van der Waals surface area contributed by atoms with Gasteiger partial charge in [0.15, 0.2) is 0 Å². The van der Waals surface area contributed by atoms with E-state index in [2.05, 4.69) is 10.6 Å². The third-order valence-electron chi connectivity index (χ3n) is 5.65. The largest absolute Gasteiger partial charge is 0.369 e. The minimum Gasteiger partial charge on any atom is -0.369 e. The van der Waals surface area contributed by atoms with E-state index in [9.17, 15) is 9.59 Å². The second kappa shape index (κ2) is 10.6. The smallest absolute Gasteiger partial charge is 0.327 e. The van der Waals surface area contributed by atoms with Gasteiger partial charge in [0.1, 0.15) is 5.92 Å². The van der Waals surface area contributed by atoms with E-state index in [4.69, 9.17) is 11.5 Å². The number of hydrogen-bond donors (Lipinski definition) is 4. The Balaban J connectivity index is 1.89. The molecule has 3 unspecified atom stereocenters. The fraction of sp³-hybridized carbons (Fsp3) is 0.417. The number of carbonyl (C=O) groups excluding carboxylic acids is 2. The van der Waals surface area contributed by atoms with E-state index in [1.165, 1.54) is 11.9 Å². The van der Waals surface area contributed by atoms with Crippen LogP contribution in [0.15, 0.2) is 54.6 Å². The Bertz CT molecular complexity index is 920. The molecule has 3 rings (SSSR count). The van der Waals surface area contributed by atoms with Crippen LogP contribution in [-0.4, -0.2) is 47.7 Å². The van der Waals surface area contributed by atoms with Gasteiger partial charge in [-0.05, 0) is 29.2 Å². The second-order valence-corrected chi connectivity index (χ2v) is 8.64. The van der Waals surface area contributed by atoms with Crippen LogP contribution in [-0.2, 0) is 17.9 Å². The van der Waals surface area contributed by atoms with Crippen molar-refractivity contribution in [2.75, 3.05) is 18.9 Å². The SMILES string of the molecule is CC(C)CN1C(=O)N(C)C(=O)C(C(NCc2cccc(CN)c2)Nc2ccccc2)C1N. The molecule has 8 heteroatoms. The molecule has 1 fully saturated rings. The van der Waals surface area contributed by atoms with Crippen LogP contribution in [0.1, 0.15) is 25.0 Å². The number of benzene rings is 2. The summed E-state index contributed by atoms with van der Waals surface area (Å²) in [6.45, 7) is 5.49. The highest BCUT2D eigenvalue weighted by molar-refractivity contribution is 5.98. The number of nitrogens with two attached hydrogens (primary N) is 2. The molecule has 1 aliphatic rings. The number of carbonyl (C=O) groups is 2. The third-order valence-corrected chi connectivity index (χ3v) is 5.65. The average molecular weight is 439 g/mol. The maximum absolute atomic E-state index is 13.2. The van der Waals surface area contributed by atoms with Crippen LogP contribution >= 0.6 is 0 Å². The molecule has 0 aliphatic carbocycles. The number of urea groups is 1. The minimum absolute atomic E-state index is 0.222. The van der Waals surface area contributed by atoms with E-state index >= 15 is 0 Å². The zero-order chi connectivity index (χ0) is 23.3. The molecule has 0 saturated carbocycles. The molecular weight excluding hydrogens is 404 g/mol. The molecule has 1 aliphatic heterocycles. The van der Waals surface area contributed by atoms with Gasteiger partial charge in [0.05, 0.1) is 12.3 Å². The lowest BCUT2D eigenvalue weighted by atomic mass is 9.95. The zero-order valence-corrected chi connectivity index (χ0v) is 19.0. The van der Waals surface area contributed by atoms with Gasteiger partial charge >= 0.3 is 6.03 Å². The molecule has 2 aromatic rings. The highest BCUT2D eigenvalue weighted by Crippen LogP contribution is 2.25. The Labute approximate surface area is 189 Å². The number of nitrogens with one attached hydrogen (secondary N) is 2. The molecule has 0 radical (unpaired) electrons. The summed E-state index contributed by atoms with van der Waals surface area (Å²) in [7, 11) is 1.52. The van der Waals surface area contributed by atoms with Gasteiger partial charge in [-0.3, -0.25) is 15.0 Å². The van der Waals surface area contributed by atoms with Gasteiger partial charge in [0.2, 0.25) is 5.91 Å². The fourth-order valence-electron chi connectivity index (χ4n) is 3.99. The number of hydrogen-bond acceptors (Lipinski definition) is 6. The average Bonchev–Trinajstić information content (AvgIpc) is 2.79. The molecule has 3 atom stereocenters. The van der Waals surface area contributed by atoms with Gasteiger partial charge in [0, 0.05) is 32.4 Å². The van der Waals surface area contributed by atoms with Gasteiger partial charge in [-0.15, -0.1) is 0 Å². The number of imide groups is 1. The van der Waals surface area contributed by atoms with Gasteiger partial charge in [0.25, 0.3) is 0 Å². The quantitative estimate of drug-likeness (QED) is 0.446. The molecule has 2 aromatic carbocycles. The standard InChI is InChI=1S/C24H34N6O2/c1-16(2)15-30-21(26)20(23(31)29(3)24(30)32)22(28-19-10-5-4-6-11-19)27-14-18-9-7-8-17(12-18)13-25/h4-12,16,20-22,27-28H,13-15,25-26H2,1-3H3. The predicted molar refractivity (Wildman–Crippen MR) is 126 cm³/mol. The number of para-hydroxylation sites is 1. The first kappa shape index (κ1) is 23.7. The Morgan fingerprint density at radius 2 is 1.72 bits per heavy atom. The van der Waals surface area contributed by atoms with E-state index in [1.54, 1.807) is 4.90 Å². The van der Waals surface area contributed by atoms with Crippen molar-refractivity contribution in [3.8, 4) is 0 Å². The van der Waals surface area contributed by atoms with Gasteiger partial charge in [-0.2, -0.15) is 0 Å². The van der Waals surface area contributed by atoms with Gasteiger partial charge in [-0.1, -0.05) is 56.3 Å². The summed E-state index contributed by atoms with van der Waals surface area (Å²) in [6, 6.07) is 17.3. The second-order valence-electron chi connectivity index (χ2n) is 8.64. The summed E-state index contributed by atoms with van der Waals surface area (Å²) in [5, 5.41) is 6.87. The van der Waals surface area contributed by atoms with Crippen molar-refractivity contribution in [3.63, 3.8) is 0 Å². The molecule has 1 saturated heterocycles. The number of rotatable bonds is 9. The molecule has 1 heterocycles. The minimum atomic E-state index is -0.752. The van der Waals surface area contributed by atoms with Crippen LogP contribution in [0, 0.1) is 11.8 Å². The van der Waals surface area contributed by atoms with Crippen LogP contribution in [0.3, 0.4) is 0 Å². The lowest BCUT2D eigenvalue weighted by Crippen LogP contribution is -2.69. The third kappa shape index (κ3) is 5.45. The molecule has 8 nitrogen and oxygen atoms in total. The van der Waals surface area contributed by atoms with E-state index in [0.29, 0.717) is 19.6 Å². The first-order chi connectivity index (χ1) is 15.3. The summed E-state index contributed by atoms with van der Waals surface area (Å²) in [5.41, 5.74) is 15.3. The van der Waals surface area contributed by atoms with Crippen molar-refractivity contribution in [2.24, 2.45) is 23.3 Å². The Kier molecular flexibility index (Phi) is 7.84. The van der Waals surface area contributed by atoms with Crippen LogP contribution in [0.2, 0.25) is 0 Å². The van der Waals surface area contributed by atoms with Crippen LogP contribution < -0.4 is 22.1 Å². The van der Waals surface area contributed by atoms with E-state index in [1.807, 2.05) is 68.4 Å². The van der Waals surface area contributed by atoms with Gasteiger partial charge < -0.3 is 21.7 Å². The number of anilines is 1. The van der Waals surface area contributed by atoms with Crippen molar-refractivity contribution in [3.05, 3.63) is 65.7 Å². The molecule has 0 aromatic heterocycles. The number of amides is 3. The molecule has 0 bridgehead atoms. The Morgan fingerprint density at radius 3 is 2.38 bits per heavy atom. The summed E-state index contributed by atoms with van der Waals surface area (Å²) >= 11 is 0. The van der Waals surface area contributed by atoms with E-state index in [0.717, 1.165) is 16.8 Å². The van der Waals surface area contributed by atoms with Crippen molar-refractivity contribution < 1.29 is 9.59 Å². The molecular formula is C24H34N6O2. The summed E-state index contributed by atoms with van der Waals surface area (Å²) < 4.78 is 0. The highest BCUT2D eigenvalue weighted by atomic mass is 16.2. The van der Waals surface area contributed by atoms with Crippen LogP contribution in [0.4, 0.5) is 10.5 Å². The van der Waals surface area contributed by atoms with E-state index in [-0.39, 0.29) is 17.9 Å². The first-order valence-electron chi connectivity index (χ1n) is 11.0. The maximum atomic E-state index is 13.2. The highest BCUT2D eigenvalue weighted by Gasteiger charge is 2.46. The van der Waals surface area contributed by atoms with Crippen molar-refractivity contribution in [1.82, 2.24) is 15.1 Å². The molecule has 3 amide bonds. The van der Waals surface area contributed by atoms with Crippen molar-refractivity contribution in [2.45, 2.75) is 39.3 Å². The monoisotopic (exact) mass is 438 g/mol. The lowest BCUT2D eigenvalue weighted by Gasteiger charge is -2.45. The fourth-order valence-corrected chi connectivity index (χ4v) is 3.99. The van der Waals surface area contributed by atoms with Crippen LogP contribution in [0.5, 0.6) is 0 Å². The summed E-state index contributed by atoms with van der Waals surface area (Å²) in [5.74, 6) is -0.756. The van der Waals surface area contributed by atoms with E-state index < -0.39 is 18.2 Å². The Hall–Kier alpha value is -2.94. The number of nitrogens with zero attached hydrogens (tertiary/aromatic N) is 2. The van der Waals surface area contributed by atoms with Crippen LogP contribution in [0.25, 0.3) is 0 Å². The summed E-state index contributed by atoms with van der Waals surface area (Å²) in [4.78, 5) is 28.7. The lowest BCUT2D eigenvalue weighted by molar-refractivity contribution is -0.138. The van der Waals surface area contributed by atoms with Crippen molar-refractivity contribution in [1.29, 1.82) is 0 Å². The molecule has 6 N–H and O–H groups in total. The van der Waals surface area contributed by atoms with Crippen molar-refractivity contribution >= 4 is 17.6 Å². The van der Waals surface area contributed by atoms with Gasteiger partial charge in [-0.25, -0.2) is 4.79 Å². The predicted octanol–water partition coefficient (Wildman–Crippen LogP) is 2.12. The zero-order valence-electron chi connectivity index (χ0n) is 19.0. The Morgan fingerprint density at radius 1 is 1.03 bits per heavy atom. The first-order valence-corrected chi connectivity index (χ1v) is 11.0.